The third-order valence-electron chi connectivity index (χ3n) is 7.16. The molecule has 1 atom stereocenters. The normalized spacial score (nSPS) is 14.3. The standard InChI is InChI=1S/C30H33ClFN3O5S/c1-21(30(37)33-23-10-6-7-11-23)34(19-22-9-8-12-25(17-22)40-2)29(36)20-35(24-15-16-28(32)27(31)18-24)41(38,39)26-13-4-3-5-14-26/h3-5,8-9,12-18,21,23H,6-7,10-11,19-20H2,1-2H3,(H,33,37)/t21-/m0/s1. The maximum absolute atomic E-state index is 14.0. The molecule has 0 saturated heterocycles. The lowest BCUT2D eigenvalue weighted by molar-refractivity contribution is -0.139. The van der Waals surface area contributed by atoms with Crippen molar-refractivity contribution in [3.63, 3.8) is 0 Å². The molecule has 41 heavy (non-hydrogen) atoms. The Kier molecular flexibility index (Phi) is 9.88. The molecule has 1 aliphatic carbocycles. The van der Waals surface area contributed by atoms with Crippen molar-refractivity contribution in [3.05, 3.63) is 89.2 Å². The molecule has 218 valence electrons. The Morgan fingerprint density at radius 3 is 2.41 bits per heavy atom. The minimum atomic E-state index is -4.28. The molecule has 2 amide bonds. The maximum Gasteiger partial charge on any atom is 0.264 e. The van der Waals surface area contributed by atoms with Crippen molar-refractivity contribution >= 4 is 39.1 Å². The molecule has 4 rings (SSSR count). The lowest BCUT2D eigenvalue weighted by Crippen LogP contribution is -2.52. The molecule has 0 heterocycles. The Balaban J connectivity index is 1.70. The van der Waals surface area contributed by atoms with E-state index in [0.29, 0.717) is 11.3 Å². The molecule has 1 saturated carbocycles. The third kappa shape index (κ3) is 7.37. The molecule has 0 spiro atoms. The quantitative estimate of drug-likeness (QED) is 0.328. The van der Waals surface area contributed by atoms with Crippen molar-refractivity contribution in [2.75, 3.05) is 18.0 Å². The molecule has 0 radical (unpaired) electrons. The van der Waals surface area contributed by atoms with E-state index in [-0.39, 0.29) is 34.1 Å². The van der Waals surface area contributed by atoms with Gasteiger partial charge in [0.1, 0.15) is 24.2 Å². The summed E-state index contributed by atoms with van der Waals surface area (Å²) in [6.07, 6.45) is 3.80. The predicted octanol–water partition coefficient (Wildman–Crippen LogP) is 5.16. The van der Waals surface area contributed by atoms with Gasteiger partial charge in [0.05, 0.1) is 22.7 Å². The van der Waals surface area contributed by atoms with Crippen LogP contribution in [-0.2, 0) is 26.2 Å². The minimum Gasteiger partial charge on any atom is -0.497 e. The van der Waals surface area contributed by atoms with Crippen LogP contribution < -0.4 is 14.4 Å². The number of methoxy groups -OCH3 is 1. The highest BCUT2D eigenvalue weighted by Gasteiger charge is 2.33. The second-order valence-electron chi connectivity index (χ2n) is 9.96. The predicted molar refractivity (Wildman–Crippen MR) is 156 cm³/mol. The Hall–Kier alpha value is -3.63. The van der Waals surface area contributed by atoms with Crippen LogP contribution >= 0.6 is 11.6 Å². The number of hydrogen-bond donors (Lipinski definition) is 1. The largest absolute Gasteiger partial charge is 0.497 e. The van der Waals surface area contributed by atoms with Crippen molar-refractivity contribution in [2.45, 2.75) is 56.1 Å². The summed E-state index contributed by atoms with van der Waals surface area (Å²) < 4.78 is 47.8. The number of anilines is 1. The molecule has 1 aliphatic rings. The second-order valence-corrected chi connectivity index (χ2v) is 12.2. The van der Waals surface area contributed by atoms with Crippen LogP contribution in [0.2, 0.25) is 5.02 Å². The van der Waals surface area contributed by atoms with Crippen molar-refractivity contribution in [2.24, 2.45) is 0 Å². The number of sulfonamides is 1. The number of carbonyl (C=O) groups excluding carboxylic acids is 2. The Bertz CT molecular complexity index is 1480. The lowest BCUT2D eigenvalue weighted by atomic mass is 10.1. The van der Waals surface area contributed by atoms with Crippen molar-refractivity contribution < 1.29 is 27.1 Å². The van der Waals surface area contributed by atoms with Crippen molar-refractivity contribution in [1.29, 1.82) is 0 Å². The molecule has 3 aromatic carbocycles. The fourth-order valence-electron chi connectivity index (χ4n) is 4.83. The molecule has 3 aromatic rings. The van der Waals surface area contributed by atoms with Gasteiger partial charge in [0.2, 0.25) is 11.8 Å². The van der Waals surface area contributed by atoms with Gasteiger partial charge in [0.15, 0.2) is 0 Å². The summed E-state index contributed by atoms with van der Waals surface area (Å²) in [5.41, 5.74) is 0.707. The van der Waals surface area contributed by atoms with Crippen LogP contribution in [0.1, 0.15) is 38.2 Å². The SMILES string of the molecule is COc1cccc(CN(C(=O)CN(c2ccc(F)c(Cl)c2)S(=O)(=O)c2ccccc2)[C@@H](C)C(=O)NC2CCCC2)c1. The Morgan fingerprint density at radius 2 is 1.76 bits per heavy atom. The average molecular weight is 602 g/mol. The molecule has 1 N–H and O–H groups in total. The van der Waals surface area contributed by atoms with Gasteiger partial charge >= 0.3 is 0 Å². The van der Waals surface area contributed by atoms with Gasteiger partial charge in [-0.15, -0.1) is 0 Å². The van der Waals surface area contributed by atoms with Gasteiger partial charge in [-0.1, -0.05) is 54.8 Å². The number of halogens is 2. The number of nitrogens with zero attached hydrogens (tertiary/aromatic N) is 2. The number of hydrogen-bond acceptors (Lipinski definition) is 5. The van der Waals surface area contributed by atoms with Crippen LogP contribution in [0, 0.1) is 5.82 Å². The molecule has 0 aromatic heterocycles. The van der Waals surface area contributed by atoms with Gasteiger partial charge in [-0.25, -0.2) is 12.8 Å². The number of rotatable bonds is 11. The summed E-state index contributed by atoms with van der Waals surface area (Å²) in [5, 5.41) is 2.74. The molecular weight excluding hydrogens is 569 g/mol. The van der Waals surface area contributed by atoms with Crippen LogP contribution in [0.25, 0.3) is 0 Å². The van der Waals surface area contributed by atoms with Gasteiger partial charge in [-0.05, 0) is 67.8 Å². The van der Waals surface area contributed by atoms with Gasteiger partial charge < -0.3 is 15.0 Å². The van der Waals surface area contributed by atoms with E-state index < -0.39 is 34.3 Å². The van der Waals surface area contributed by atoms with E-state index >= 15 is 0 Å². The molecule has 0 unspecified atom stereocenters. The van der Waals surface area contributed by atoms with Crippen LogP contribution in [0.5, 0.6) is 5.75 Å². The first-order chi connectivity index (χ1) is 19.6. The van der Waals surface area contributed by atoms with E-state index in [1.807, 2.05) is 0 Å². The number of benzene rings is 3. The van der Waals surface area contributed by atoms with E-state index in [0.717, 1.165) is 42.1 Å². The number of nitrogens with one attached hydrogen (secondary N) is 1. The Morgan fingerprint density at radius 1 is 1.05 bits per heavy atom. The van der Waals surface area contributed by atoms with Crippen LogP contribution in [0.4, 0.5) is 10.1 Å². The summed E-state index contributed by atoms with van der Waals surface area (Å²) in [5.74, 6) is -1.10. The van der Waals surface area contributed by atoms with Crippen LogP contribution in [0.3, 0.4) is 0 Å². The zero-order valence-electron chi connectivity index (χ0n) is 22.9. The zero-order valence-corrected chi connectivity index (χ0v) is 24.5. The fraction of sp³-hybridized carbons (Fsp3) is 0.333. The monoisotopic (exact) mass is 601 g/mol. The number of ether oxygens (including phenoxy) is 1. The van der Waals surface area contributed by atoms with E-state index in [2.05, 4.69) is 5.32 Å². The maximum atomic E-state index is 14.0. The summed E-state index contributed by atoms with van der Waals surface area (Å²) >= 11 is 6.01. The highest BCUT2D eigenvalue weighted by molar-refractivity contribution is 7.92. The summed E-state index contributed by atoms with van der Waals surface area (Å²) in [6.45, 7) is 0.996. The van der Waals surface area contributed by atoms with Crippen LogP contribution in [-0.4, -0.2) is 50.9 Å². The van der Waals surface area contributed by atoms with Gasteiger partial charge in [-0.2, -0.15) is 0 Å². The minimum absolute atomic E-state index is 0.0120. The molecule has 0 aliphatic heterocycles. The second kappa shape index (κ2) is 13.4. The smallest absolute Gasteiger partial charge is 0.264 e. The van der Waals surface area contributed by atoms with E-state index in [9.17, 15) is 22.4 Å². The average Bonchev–Trinajstić information content (AvgIpc) is 3.49. The summed E-state index contributed by atoms with van der Waals surface area (Å²) in [4.78, 5) is 28.6. The summed E-state index contributed by atoms with van der Waals surface area (Å²) in [6, 6.07) is 17.3. The molecule has 8 nitrogen and oxygen atoms in total. The highest BCUT2D eigenvalue weighted by Crippen LogP contribution is 2.28. The van der Waals surface area contributed by atoms with Gasteiger partial charge in [-0.3, -0.25) is 13.9 Å². The van der Waals surface area contributed by atoms with Gasteiger partial charge in [0, 0.05) is 12.6 Å². The third-order valence-corrected chi connectivity index (χ3v) is 9.23. The number of carbonyl (C=O) groups is 2. The van der Waals surface area contributed by atoms with E-state index in [1.165, 1.54) is 30.2 Å². The first-order valence-electron chi connectivity index (χ1n) is 13.4. The van der Waals surface area contributed by atoms with Crippen molar-refractivity contribution in [1.82, 2.24) is 10.2 Å². The van der Waals surface area contributed by atoms with Gasteiger partial charge in [0.25, 0.3) is 10.0 Å². The summed E-state index contributed by atoms with van der Waals surface area (Å²) in [7, 11) is -2.75. The van der Waals surface area contributed by atoms with Crippen molar-refractivity contribution in [3.8, 4) is 5.75 Å². The first kappa shape index (κ1) is 30.3. The molecule has 0 bridgehead atoms. The van der Waals surface area contributed by atoms with Crippen LogP contribution in [0.15, 0.2) is 77.7 Å². The zero-order chi connectivity index (χ0) is 29.6. The Labute approximate surface area is 245 Å². The lowest BCUT2D eigenvalue weighted by Gasteiger charge is -2.32. The molecule has 11 heteroatoms. The van der Waals surface area contributed by atoms with E-state index in [1.54, 1.807) is 49.4 Å². The fourth-order valence-corrected chi connectivity index (χ4v) is 6.43. The molecular formula is C30H33ClFN3O5S. The number of amides is 2. The van der Waals surface area contributed by atoms with E-state index in [4.69, 9.17) is 16.3 Å². The highest BCUT2D eigenvalue weighted by atomic mass is 35.5. The molecule has 1 fully saturated rings. The first-order valence-corrected chi connectivity index (χ1v) is 15.2. The topological polar surface area (TPSA) is 96.0 Å².